The van der Waals surface area contributed by atoms with E-state index in [1.165, 1.54) is 22.9 Å². The van der Waals surface area contributed by atoms with Gasteiger partial charge in [-0.25, -0.2) is 17.9 Å². The van der Waals surface area contributed by atoms with E-state index in [0.29, 0.717) is 35.1 Å². The summed E-state index contributed by atoms with van der Waals surface area (Å²) in [6, 6.07) is 11.4. The monoisotopic (exact) mass is 636 g/mol. The van der Waals surface area contributed by atoms with Gasteiger partial charge in [-0.15, -0.1) is 11.3 Å². The number of pyridine rings is 1. The number of hydrogen-bond acceptors (Lipinski definition) is 8. The van der Waals surface area contributed by atoms with Crippen LogP contribution in [0.1, 0.15) is 10.4 Å². The Hall–Kier alpha value is -3.62. The number of urea groups is 1. The van der Waals surface area contributed by atoms with E-state index in [2.05, 4.69) is 16.0 Å². The topological polar surface area (TPSA) is 142 Å². The molecule has 0 aliphatic rings. The van der Waals surface area contributed by atoms with Gasteiger partial charge in [0.05, 0.1) is 10.6 Å². The first-order chi connectivity index (χ1) is 19.4. The summed E-state index contributed by atoms with van der Waals surface area (Å²) in [4.78, 5) is 40.9. The first-order valence-corrected chi connectivity index (χ1v) is 15.1. The number of rotatable bonds is 9. The van der Waals surface area contributed by atoms with Gasteiger partial charge in [-0.3, -0.25) is 14.2 Å². The highest BCUT2D eigenvalue weighted by molar-refractivity contribution is 7.92. The number of thiophene rings is 1. The second-order valence-corrected chi connectivity index (χ2v) is 13.1. The minimum Gasteiger partial charge on any atom is -0.388 e. The van der Waals surface area contributed by atoms with Crippen molar-refractivity contribution in [2.24, 2.45) is 0 Å². The van der Waals surface area contributed by atoms with E-state index in [4.69, 9.17) is 23.2 Å². The lowest BCUT2D eigenvalue weighted by molar-refractivity contribution is 0.0952. The molecule has 0 saturated carbocycles. The van der Waals surface area contributed by atoms with Crippen molar-refractivity contribution < 1.29 is 18.0 Å². The maximum Gasteiger partial charge on any atom is 0.333 e. The molecule has 0 aliphatic carbocycles. The number of nitrogens with zero attached hydrogens (tertiary/aromatic N) is 2. The number of carbonyl (C=O) groups is 2. The van der Waals surface area contributed by atoms with Gasteiger partial charge in [0.2, 0.25) is 0 Å². The number of nitrogens with one attached hydrogen (secondary N) is 4. The molecule has 2 heterocycles. The number of sulfonamides is 1. The van der Waals surface area contributed by atoms with Gasteiger partial charge < -0.3 is 20.9 Å². The molecule has 11 nitrogen and oxygen atoms in total. The number of likely N-dealkylation sites (N-methyl/N-ethyl adjacent to an activating group) is 1. The quantitative estimate of drug-likeness (QED) is 0.216. The molecule has 15 heteroatoms. The van der Waals surface area contributed by atoms with Gasteiger partial charge >= 0.3 is 6.03 Å². The lowest BCUT2D eigenvalue weighted by Crippen LogP contribution is -2.34. The Kier molecular flexibility index (Phi) is 9.24. The second-order valence-electron chi connectivity index (χ2n) is 9.08. The molecule has 0 atom stereocenters. The third-order valence-electron chi connectivity index (χ3n) is 5.91. The van der Waals surface area contributed by atoms with Crippen molar-refractivity contribution in [1.82, 2.24) is 19.5 Å². The van der Waals surface area contributed by atoms with Crippen molar-refractivity contribution in [1.29, 1.82) is 0 Å². The highest BCUT2D eigenvalue weighted by Crippen LogP contribution is 2.34. The Morgan fingerprint density at radius 3 is 2.29 bits per heavy atom. The molecular weight excluding hydrogens is 611 g/mol. The van der Waals surface area contributed by atoms with Crippen LogP contribution in [0.2, 0.25) is 9.36 Å². The van der Waals surface area contributed by atoms with Crippen LogP contribution in [0.4, 0.5) is 16.2 Å². The zero-order chi connectivity index (χ0) is 29.9. The normalized spacial score (nSPS) is 11.5. The van der Waals surface area contributed by atoms with Crippen LogP contribution in [-0.2, 0) is 10.0 Å². The van der Waals surface area contributed by atoms with Gasteiger partial charge in [-0.05, 0) is 62.6 Å². The molecule has 2 aromatic carbocycles. The summed E-state index contributed by atoms with van der Waals surface area (Å²) in [5.74, 6) is -0.330. The predicted molar refractivity (Wildman–Crippen MR) is 164 cm³/mol. The lowest BCUT2D eigenvalue weighted by atomic mass is 10.1. The van der Waals surface area contributed by atoms with Gasteiger partial charge in [-0.1, -0.05) is 23.2 Å². The smallest absolute Gasteiger partial charge is 0.333 e. The number of fused-ring (bicyclic) bond motifs is 1. The fraction of sp³-hybridized carbons (Fsp3) is 0.192. The minimum absolute atomic E-state index is 0.0636. The van der Waals surface area contributed by atoms with Crippen LogP contribution < -0.4 is 26.2 Å². The number of carbonyl (C=O) groups excluding carboxylic acids is 2. The minimum atomic E-state index is -4.19. The van der Waals surface area contributed by atoms with Crippen molar-refractivity contribution in [2.45, 2.75) is 4.21 Å². The van der Waals surface area contributed by atoms with Crippen LogP contribution >= 0.6 is 34.5 Å². The number of amides is 3. The van der Waals surface area contributed by atoms with Crippen molar-refractivity contribution in [3.05, 3.63) is 80.0 Å². The number of hydrogen-bond donors (Lipinski definition) is 4. The molecule has 4 aromatic rings. The fourth-order valence-corrected chi connectivity index (χ4v) is 6.64. The maximum atomic E-state index is 13.4. The molecule has 216 valence electrons. The zero-order valence-corrected chi connectivity index (χ0v) is 25.3. The molecule has 4 rings (SSSR count). The molecule has 0 saturated heterocycles. The molecule has 2 aromatic heterocycles. The Labute approximate surface area is 250 Å². The highest BCUT2D eigenvalue weighted by Gasteiger charge is 2.22. The predicted octanol–water partition coefficient (Wildman–Crippen LogP) is 4.20. The van der Waals surface area contributed by atoms with E-state index in [1.807, 2.05) is 23.7 Å². The molecule has 4 N–H and O–H groups in total. The Morgan fingerprint density at radius 1 is 1.00 bits per heavy atom. The third-order valence-corrected chi connectivity index (χ3v) is 9.58. The van der Waals surface area contributed by atoms with E-state index in [0.717, 1.165) is 23.1 Å². The Bertz CT molecular complexity index is 1770. The van der Waals surface area contributed by atoms with Gasteiger partial charge in [0.15, 0.2) is 0 Å². The van der Waals surface area contributed by atoms with E-state index in [1.54, 1.807) is 37.4 Å². The van der Waals surface area contributed by atoms with Gasteiger partial charge in [0.1, 0.15) is 8.55 Å². The molecule has 0 radical (unpaired) electrons. The van der Waals surface area contributed by atoms with Crippen molar-refractivity contribution in [2.75, 3.05) is 44.9 Å². The molecule has 41 heavy (non-hydrogen) atoms. The largest absolute Gasteiger partial charge is 0.388 e. The van der Waals surface area contributed by atoms with Crippen LogP contribution in [-0.4, -0.2) is 64.1 Å². The third kappa shape index (κ3) is 7.00. The SMILES string of the molecule is CNc1ccc2c(=O)n(-c3ccc(NC(=O)NS(=O)(=O)c4cc(Cl)c(Cl)s4)cc3)cc(C(=O)NCCN(C)C)c2c1. The summed E-state index contributed by atoms with van der Waals surface area (Å²) in [5, 5.41) is 9.27. The highest BCUT2D eigenvalue weighted by atomic mass is 35.5. The molecule has 0 aliphatic heterocycles. The molecule has 0 fully saturated rings. The van der Waals surface area contributed by atoms with Crippen LogP contribution in [0.3, 0.4) is 0 Å². The van der Waals surface area contributed by atoms with Gasteiger partial charge in [-0.2, -0.15) is 0 Å². The lowest BCUT2D eigenvalue weighted by Gasteiger charge is -2.15. The second kappa shape index (κ2) is 12.5. The van der Waals surface area contributed by atoms with E-state index in [-0.39, 0.29) is 30.7 Å². The number of halogens is 2. The van der Waals surface area contributed by atoms with Gasteiger partial charge in [0.25, 0.3) is 21.5 Å². The standard InChI is InChI=1S/C26H26Cl2N6O5S2/c1-29-16-6-9-18-19(12-16)20(24(35)30-10-11-33(2)3)14-34(25(18)36)17-7-4-15(5-8-17)31-26(37)32-41(38,39)22-13-21(27)23(28)40-22/h4-9,12-14,29H,10-11H2,1-3H3,(H,30,35)(H2,31,32,37). The first kappa shape index (κ1) is 30.3. The molecule has 0 bridgehead atoms. The van der Waals surface area contributed by atoms with Crippen molar-refractivity contribution in [3.8, 4) is 5.69 Å². The average molecular weight is 638 g/mol. The van der Waals surface area contributed by atoms with E-state index >= 15 is 0 Å². The number of aromatic nitrogens is 1. The Morgan fingerprint density at radius 2 is 1.68 bits per heavy atom. The average Bonchev–Trinajstić information content (AvgIpc) is 3.27. The molecule has 3 amide bonds. The van der Waals surface area contributed by atoms with E-state index in [9.17, 15) is 22.8 Å². The number of benzene rings is 2. The van der Waals surface area contributed by atoms with Crippen LogP contribution in [0, 0.1) is 0 Å². The van der Waals surface area contributed by atoms with Crippen LogP contribution in [0.25, 0.3) is 16.5 Å². The van der Waals surface area contributed by atoms with Crippen molar-refractivity contribution in [3.63, 3.8) is 0 Å². The zero-order valence-electron chi connectivity index (χ0n) is 22.1. The summed E-state index contributed by atoms with van der Waals surface area (Å²) in [7, 11) is 1.36. The van der Waals surface area contributed by atoms with Gasteiger partial charge in [0, 0.05) is 54.2 Å². The molecular formula is C26H26Cl2N6O5S2. The fourth-order valence-electron chi connectivity index (χ4n) is 3.85. The number of anilines is 2. The summed E-state index contributed by atoms with van der Waals surface area (Å²) in [5.41, 5.74) is 1.41. The summed E-state index contributed by atoms with van der Waals surface area (Å²) >= 11 is 12.4. The summed E-state index contributed by atoms with van der Waals surface area (Å²) in [6.45, 7) is 1.06. The first-order valence-electron chi connectivity index (χ1n) is 12.1. The maximum absolute atomic E-state index is 13.4. The Balaban J connectivity index is 1.60. The van der Waals surface area contributed by atoms with Crippen LogP contribution in [0.5, 0.6) is 0 Å². The molecule has 0 spiro atoms. The van der Waals surface area contributed by atoms with Crippen molar-refractivity contribution >= 4 is 78.6 Å². The van der Waals surface area contributed by atoms with E-state index < -0.39 is 16.1 Å². The summed E-state index contributed by atoms with van der Waals surface area (Å²) < 4.78 is 28.0. The molecule has 0 unspecified atom stereocenters. The summed E-state index contributed by atoms with van der Waals surface area (Å²) in [6.07, 6.45) is 1.48. The van der Waals surface area contributed by atoms with Crippen LogP contribution in [0.15, 0.2) is 63.7 Å².